The summed E-state index contributed by atoms with van der Waals surface area (Å²) in [6.07, 6.45) is 1.66. The standard InChI is InChI=1S/C35H38N2O4/c1-37-33-10-4-2-8-31(33)35(32-9-3-5-11-34(32)37)28-14-16-29(17-15-28)36-20-22-39-23-24-40-25-26-41-30-18-12-27(13-19-30)7-6-21-38/h2-5,8-19,38H,6-7,20-26H2,1H3/p+1. The molecule has 6 heteroatoms. The van der Waals surface area contributed by atoms with Crippen LogP contribution in [0.1, 0.15) is 12.0 Å². The average Bonchev–Trinajstić information content (AvgIpc) is 3.02. The van der Waals surface area contributed by atoms with Gasteiger partial charge >= 0.3 is 0 Å². The molecule has 0 saturated carbocycles. The van der Waals surface area contributed by atoms with Crippen molar-refractivity contribution in [2.24, 2.45) is 7.05 Å². The number of aromatic nitrogens is 1. The molecule has 2 N–H and O–H groups in total. The second kappa shape index (κ2) is 14.6. The summed E-state index contributed by atoms with van der Waals surface area (Å²) in [4.78, 5) is 0. The first-order valence-corrected chi connectivity index (χ1v) is 14.4. The first-order chi connectivity index (χ1) is 20.2. The van der Waals surface area contributed by atoms with E-state index in [0.29, 0.717) is 33.0 Å². The van der Waals surface area contributed by atoms with Crippen LogP contribution in [0.15, 0.2) is 97.1 Å². The number of nitrogens with zero attached hydrogens (tertiary/aromatic N) is 1. The van der Waals surface area contributed by atoms with Gasteiger partial charge in [-0.05, 0) is 60.4 Å². The Kier molecular flexibility index (Phi) is 10.2. The van der Waals surface area contributed by atoms with Crippen molar-refractivity contribution in [3.8, 4) is 16.9 Å². The second-order valence-electron chi connectivity index (χ2n) is 10.0. The van der Waals surface area contributed by atoms with Gasteiger partial charge in [0.25, 0.3) is 0 Å². The number of pyridine rings is 1. The van der Waals surface area contributed by atoms with E-state index in [1.54, 1.807) is 0 Å². The molecule has 1 heterocycles. The number of aliphatic hydroxyl groups excluding tert-OH is 1. The molecular formula is C35H39N2O4+. The maximum atomic E-state index is 8.92. The minimum absolute atomic E-state index is 0.216. The molecule has 4 aromatic carbocycles. The number of para-hydroxylation sites is 2. The van der Waals surface area contributed by atoms with E-state index < -0.39 is 0 Å². The summed E-state index contributed by atoms with van der Waals surface area (Å²) in [6, 6.07) is 33.8. The van der Waals surface area contributed by atoms with Crippen LogP contribution in [0.3, 0.4) is 0 Å². The summed E-state index contributed by atoms with van der Waals surface area (Å²) in [5.74, 6) is 0.830. The van der Waals surface area contributed by atoms with Crippen LogP contribution in [0.2, 0.25) is 0 Å². The number of rotatable bonds is 15. The van der Waals surface area contributed by atoms with E-state index in [9.17, 15) is 0 Å². The van der Waals surface area contributed by atoms with Crippen LogP contribution in [0.5, 0.6) is 5.75 Å². The molecule has 5 rings (SSSR count). The Morgan fingerprint density at radius 2 is 1.29 bits per heavy atom. The lowest BCUT2D eigenvalue weighted by Gasteiger charge is -2.12. The zero-order chi connectivity index (χ0) is 28.3. The largest absolute Gasteiger partial charge is 0.491 e. The van der Waals surface area contributed by atoms with Crippen molar-refractivity contribution in [1.29, 1.82) is 0 Å². The predicted molar refractivity (Wildman–Crippen MR) is 166 cm³/mol. The Morgan fingerprint density at radius 1 is 0.683 bits per heavy atom. The maximum Gasteiger partial charge on any atom is 0.213 e. The quantitative estimate of drug-likeness (QED) is 0.0959. The van der Waals surface area contributed by atoms with Crippen molar-refractivity contribution in [2.75, 3.05) is 51.5 Å². The maximum absolute atomic E-state index is 8.92. The molecule has 0 atom stereocenters. The van der Waals surface area contributed by atoms with Crippen LogP contribution in [0.25, 0.3) is 32.9 Å². The highest BCUT2D eigenvalue weighted by Crippen LogP contribution is 2.34. The molecule has 0 bridgehead atoms. The fraction of sp³-hybridized carbons (Fsp3) is 0.286. The molecule has 0 amide bonds. The smallest absolute Gasteiger partial charge is 0.213 e. The van der Waals surface area contributed by atoms with E-state index in [1.807, 2.05) is 24.3 Å². The lowest BCUT2D eigenvalue weighted by atomic mass is 9.95. The van der Waals surface area contributed by atoms with Gasteiger partial charge in [0.1, 0.15) is 19.4 Å². The predicted octanol–water partition coefficient (Wildman–Crippen LogP) is 5.93. The van der Waals surface area contributed by atoms with Crippen LogP contribution in [-0.4, -0.2) is 51.3 Å². The molecule has 0 radical (unpaired) electrons. The normalized spacial score (nSPS) is 11.3. The molecule has 0 fully saturated rings. The molecule has 0 saturated heterocycles. The van der Waals surface area contributed by atoms with E-state index in [2.05, 4.69) is 89.7 Å². The molecule has 41 heavy (non-hydrogen) atoms. The van der Waals surface area contributed by atoms with Gasteiger partial charge in [-0.15, -0.1) is 0 Å². The number of aryl methyl sites for hydroxylation is 2. The number of anilines is 1. The fourth-order valence-electron chi connectivity index (χ4n) is 5.14. The summed E-state index contributed by atoms with van der Waals surface area (Å²) in [7, 11) is 2.13. The highest BCUT2D eigenvalue weighted by atomic mass is 16.5. The number of hydrogen-bond donors (Lipinski definition) is 2. The van der Waals surface area contributed by atoms with Crippen LogP contribution >= 0.6 is 0 Å². The van der Waals surface area contributed by atoms with E-state index in [0.717, 1.165) is 30.8 Å². The highest BCUT2D eigenvalue weighted by molar-refractivity contribution is 6.07. The first-order valence-electron chi connectivity index (χ1n) is 14.4. The SMILES string of the molecule is C[n+]1c2ccccc2c(-c2ccc(NCCOCCOCCOc3ccc(CCCO)cc3)cc2)c2ccccc21. The van der Waals surface area contributed by atoms with E-state index >= 15 is 0 Å². The molecule has 5 aromatic rings. The fourth-order valence-corrected chi connectivity index (χ4v) is 5.14. The van der Waals surface area contributed by atoms with Gasteiger partial charge in [0.05, 0.1) is 37.2 Å². The molecule has 0 unspecified atom stereocenters. The van der Waals surface area contributed by atoms with Crippen LogP contribution in [-0.2, 0) is 22.9 Å². The Morgan fingerprint density at radius 3 is 1.95 bits per heavy atom. The summed E-state index contributed by atoms with van der Waals surface area (Å²) in [5, 5.41) is 14.9. The molecule has 212 valence electrons. The number of ether oxygens (including phenoxy) is 3. The number of hydrogen-bond acceptors (Lipinski definition) is 5. The number of fused-ring (bicyclic) bond motifs is 2. The lowest BCUT2D eigenvalue weighted by Crippen LogP contribution is -2.30. The van der Waals surface area contributed by atoms with Gasteiger partial charge < -0.3 is 24.6 Å². The van der Waals surface area contributed by atoms with Crippen molar-refractivity contribution in [2.45, 2.75) is 12.8 Å². The van der Waals surface area contributed by atoms with Gasteiger partial charge in [0, 0.05) is 36.5 Å². The summed E-state index contributed by atoms with van der Waals surface area (Å²) >= 11 is 0. The van der Waals surface area contributed by atoms with Crippen molar-refractivity contribution in [3.05, 3.63) is 103 Å². The van der Waals surface area contributed by atoms with Crippen molar-refractivity contribution in [1.82, 2.24) is 0 Å². The Bertz CT molecular complexity index is 1480. The zero-order valence-corrected chi connectivity index (χ0v) is 23.7. The average molecular weight is 552 g/mol. The first kappa shape index (κ1) is 28.6. The molecule has 1 aromatic heterocycles. The summed E-state index contributed by atoms with van der Waals surface area (Å²) < 4.78 is 19.3. The molecule has 0 spiro atoms. The van der Waals surface area contributed by atoms with Crippen molar-refractivity contribution < 1.29 is 23.9 Å². The van der Waals surface area contributed by atoms with Gasteiger partial charge in [0.15, 0.2) is 0 Å². The number of nitrogens with one attached hydrogen (secondary N) is 1. The third-order valence-corrected chi connectivity index (χ3v) is 7.23. The topological polar surface area (TPSA) is 63.8 Å². The summed E-state index contributed by atoms with van der Waals surface area (Å²) in [6.45, 7) is 3.65. The van der Waals surface area contributed by atoms with E-state index in [1.165, 1.54) is 38.5 Å². The van der Waals surface area contributed by atoms with Crippen LogP contribution in [0.4, 0.5) is 5.69 Å². The molecular weight excluding hydrogens is 512 g/mol. The van der Waals surface area contributed by atoms with Gasteiger partial charge in [-0.25, -0.2) is 0 Å². The third kappa shape index (κ3) is 7.41. The minimum atomic E-state index is 0.216. The Hall–Kier alpha value is -3.97. The third-order valence-electron chi connectivity index (χ3n) is 7.23. The highest BCUT2D eigenvalue weighted by Gasteiger charge is 2.18. The monoisotopic (exact) mass is 551 g/mol. The van der Waals surface area contributed by atoms with Crippen molar-refractivity contribution >= 4 is 27.5 Å². The summed E-state index contributed by atoms with van der Waals surface area (Å²) in [5.41, 5.74) is 7.19. The van der Waals surface area contributed by atoms with Crippen LogP contribution < -0.4 is 14.6 Å². The van der Waals surface area contributed by atoms with E-state index in [4.69, 9.17) is 19.3 Å². The Balaban J connectivity index is 1.02. The van der Waals surface area contributed by atoms with Crippen LogP contribution in [0, 0.1) is 0 Å². The second-order valence-corrected chi connectivity index (χ2v) is 10.0. The van der Waals surface area contributed by atoms with Gasteiger partial charge in [0.2, 0.25) is 11.0 Å². The molecule has 0 aliphatic rings. The number of aliphatic hydroxyl groups is 1. The lowest BCUT2D eigenvalue weighted by molar-refractivity contribution is -0.617. The molecule has 6 nitrogen and oxygen atoms in total. The van der Waals surface area contributed by atoms with Gasteiger partial charge in [-0.2, -0.15) is 4.57 Å². The minimum Gasteiger partial charge on any atom is -0.491 e. The van der Waals surface area contributed by atoms with E-state index in [-0.39, 0.29) is 6.61 Å². The van der Waals surface area contributed by atoms with Gasteiger partial charge in [-0.3, -0.25) is 0 Å². The number of benzene rings is 4. The van der Waals surface area contributed by atoms with Crippen molar-refractivity contribution in [3.63, 3.8) is 0 Å². The molecule has 0 aliphatic carbocycles. The van der Waals surface area contributed by atoms with Gasteiger partial charge in [-0.1, -0.05) is 48.5 Å². The Labute approximate surface area is 242 Å². The zero-order valence-electron chi connectivity index (χ0n) is 23.7. The molecule has 0 aliphatic heterocycles.